The minimum atomic E-state index is 0.459. The van der Waals surface area contributed by atoms with Crippen LogP contribution >= 0.6 is 43.5 Å². The van der Waals surface area contributed by atoms with Gasteiger partial charge in [0, 0.05) is 6.07 Å². The van der Waals surface area contributed by atoms with Crippen LogP contribution in [0.25, 0.3) is 0 Å². The smallest absolute Gasteiger partial charge is 0.141 e. The summed E-state index contributed by atoms with van der Waals surface area (Å²) in [7, 11) is 0. The first-order valence-corrected chi connectivity index (χ1v) is 8.78. The standard InChI is InChI=1S/C15H20Br2ClNO2/c1-11-9-12(20-8-5-14(16)17)10-13(18)15(11)21-7-4-2-3-6-19/h5,9-10H,2-4,6-8,19H2,1H3. The van der Waals surface area contributed by atoms with E-state index in [4.69, 9.17) is 26.8 Å². The van der Waals surface area contributed by atoms with Crippen LogP contribution in [-0.4, -0.2) is 19.8 Å². The number of nitrogens with two attached hydrogens (primary N) is 1. The minimum absolute atomic E-state index is 0.459. The van der Waals surface area contributed by atoms with Gasteiger partial charge in [-0.3, -0.25) is 0 Å². The Bertz CT molecular complexity index is 454. The van der Waals surface area contributed by atoms with E-state index in [1.165, 1.54) is 0 Å². The quantitative estimate of drug-likeness (QED) is 0.538. The molecular weight excluding hydrogens is 421 g/mol. The second-order valence-corrected chi connectivity index (χ2v) is 7.73. The minimum Gasteiger partial charge on any atom is -0.492 e. The van der Waals surface area contributed by atoms with Crippen molar-refractivity contribution in [1.82, 2.24) is 0 Å². The van der Waals surface area contributed by atoms with Crippen LogP contribution in [0.3, 0.4) is 0 Å². The van der Waals surface area contributed by atoms with E-state index >= 15 is 0 Å². The van der Waals surface area contributed by atoms with E-state index in [1.807, 2.05) is 19.1 Å². The van der Waals surface area contributed by atoms with Gasteiger partial charge in [-0.05, 0) is 82.3 Å². The van der Waals surface area contributed by atoms with Gasteiger partial charge in [0.2, 0.25) is 0 Å². The predicted octanol–water partition coefficient (Wildman–Crippen LogP) is 5.17. The number of aryl methyl sites for hydroxylation is 1. The summed E-state index contributed by atoms with van der Waals surface area (Å²) in [5.41, 5.74) is 6.43. The van der Waals surface area contributed by atoms with E-state index in [1.54, 1.807) is 6.07 Å². The lowest BCUT2D eigenvalue weighted by Crippen LogP contribution is -2.03. The molecule has 0 amide bonds. The molecule has 1 aromatic rings. The molecule has 0 unspecified atom stereocenters. The molecule has 1 aromatic carbocycles. The molecule has 0 aromatic heterocycles. The molecule has 21 heavy (non-hydrogen) atoms. The van der Waals surface area contributed by atoms with Crippen LogP contribution in [0.2, 0.25) is 5.02 Å². The van der Waals surface area contributed by atoms with Gasteiger partial charge in [0.25, 0.3) is 0 Å². The van der Waals surface area contributed by atoms with E-state index in [9.17, 15) is 0 Å². The number of unbranched alkanes of at least 4 members (excludes halogenated alkanes) is 2. The monoisotopic (exact) mass is 439 g/mol. The van der Waals surface area contributed by atoms with Gasteiger partial charge in [0.05, 0.1) is 15.0 Å². The molecule has 0 atom stereocenters. The second kappa shape index (κ2) is 10.5. The highest BCUT2D eigenvalue weighted by Crippen LogP contribution is 2.33. The average Bonchev–Trinajstić information content (AvgIpc) is 2.40. The van der Waals surface area contributed by atoms with Crippen molar-refractivity contribution < 1.29 is 9.47 Å². The number of hydrogen-bond donors (Lipinski definition) is 1. The number of benzene rings is 1. The Morgan fingerprint density at radius 1 is 1.24 bits per heavy atom. The zero-order valence-corrected chi connectivity index (χ0v) is 15.9. The molecule has 0 aliphatic heterocycles. The van der Waals surface area contributed by atoms with Crippen molar-refractivity contribution in [1.29, 1.82) is 0 Å². The molecule has 0 saturated carbocycles. The fraction of sp³-hybridized carbons (Fsp3) is 0.467. The first-order chi connectivity index (χ1) is 10.0. The Morgan fingerprint density at radius 2 is 2.00 bits per heavy atom. The zero-order valence-electron chi connectivity index (χ0n) is 12.0. The van der Waals surface area contributed by atoms with Crippen molar-refractivity contribution in [2.45, 2.75) is 26.2 Å². The summed E-state index contributed by atoms with van der Waals surface area (Å²) in [6, 6.07) is 3.71. The van der Waals surface area contributed by atoms with Gasteiger partial charge in [-0.1, -0.05) is 11.6 Å². The van der Waals surface area contributed by atoms with Crippen molar-refractivity contribution in [3.05, 3.63) is 32.2 Å². The third kappa shape index (κ3) is 7.54. The number of ether oxygens (including phenoxy) is 2. The molecule has 0 fully saturated rings. The maximum absolute atomic E-state index is 6.26. The molecule has 0 aliphatic rings. The first-order valence-electron chi connectivity index (χ1n) is 6.81. The van der Waals surface area contributed by atoms with Crippen LogP contribution in [-0.2, 0) is 0 Å². The molecular formula is C15H20Br2ClNO2. The normalized spacial score (nSPS) is 10.3. The molecule has 118 valence electrons. The van der Waals surface area contributed by atoms with E-state index in [2.05, 4.69) is 31.9 Å². The largest absolute Gasteiger partial charge is 0.492 e. The van der Waals surface area contributed by atoms with Crippen molar-refractivity contribution in [3.8, 4) is 11.5 Å². The number of rotatable bonds is 9. The fourth-order valence-electron chi connectivity index (χ4n) is 1.76. The van der Waals surface area contributed by atoms with Crippen LogP contribution < -0.4 is 15.2 Å². The van der Waals surface area contributed by atoms with Crippen molar-refractivity contribution >= 4 is 43.5 Å². The SMILES string of the molecule is Cc1cc(OCC=C(Br)Br)cc(Cl)c1OCCCCCN. The van der Waals surface area contributed by atoms with E-state index in [0.717, 1.165) is 46.3 Å². The van der Waals surface area contributed by atoms with Crippen LogP contribution in [0.1, 0.15) is 24.8 Å². The highest BCUT2D eigenvalue weighted by Gasteiger charge is 2.08. The summed E-state index contributed by atoms with van der Waals surface area (Å²) in [4.78, 5) is 0. The molecule has 2 N–H and O–H groups in total. The first kappa shape index (κ1) is 18.8. The summed E-state index contributed by atoms with van der Waals surface area (Å²) in [6.45, 7) is 3.80. The van der Waals surface area contributed by atoms with Gasteiger partial charge < -0.3 is 15.2 Å². The van der Waals surface area contributed by atoms with Crippen molar-refractivity contribution in [3.63, 3.8) is 0 Å². The zero-order chi connectivity index (χ0) is 15.7. The lowest BCUT2D eigenvalue weighted by atomic mass is 10.2. The van der Waals surface area contributed by atoms with Gasteiger partial charge in [0.15, 0.2) is 0 Å². The van der Waals surface area contributed by atoms with Gasteiger partial charge >= 0.3 is 0 Å². The third-order valence-electron chi connectivity index (χ3n) is 2.79. The predicted molar refractivity (Wildman–Crippen MR) is 96.0 cm³/mol. The molecule has 0 heterocycles. The molecule has 0 radical (unpaired) electrons. The molecule has 0 spiro atoms. The van der Waals surface area contributed by atoms with Gasteiger partial charge in [-0.25, -0.2) is 0 Å². The summed E-state index contributed by atoms with van der Waals surface area (Å²) < 4.78 is 12.2. The van der Waals surface area contributed by atoms with E-state index in [-0.39, 0.29) is 0 Å². The van der Waals surface area contributed by atoms with Crippen LogP contribution in [0.4, 0.5) is 0 Å². The van der Waals surface area contributed by atoms with Crippen LogP contribution in [0.15, 0.2) is 21.6 Å². The fourth-order valence-corrected chi connectivity index (χ4v) is 2.34. The topological polar surface area (TPSA) is 44.5 Å². The molecule has 0 bridgehead atoms. The molecule has 6 heteroatoms. The Balaban J connectivity index is 2.56. The Kier molecular flexibility index (Phi) is 9.40. The van der Waals surface area contributed by atoms with Crippen molar-refractivity contribution in [2.24, 2.45) is 5.73 Å². The van der Waals surface area contributed by atoms with Crippen LogP contribution in [0.5, 0.6) is 11.5 Å². The van der Waals surface area contributed by atoms with Crippen molar-refractivity contribution in [2.75, 3.05) is 19.8 Å². The summed E-state index contributed by atoms with van der Waals surface area (Å²) in [5, 5.41) is 0.575. The lowest BCUT2D eigenvalue weighted by Gasteiger charge is -2.13. The number of hydrogen-bond acceptors (Lipinski definition) is 3. The van der Waals surface area contributed by atoms with E-state index in [0.29, 0.717) is 18.2 Å². The van der Waals surface area contributed by atoms with E-state index < -0.39 is 0 Å². The number of halogens is 3. The third-order valence-corrected chi connectivity index (χ3v) is 3.71. The van der Waals surface area contributed by atoms with Gasteiger partial charge in [-0.2, -0.15) is 0 Å². The summed E-state index contributed by atoms with van der Waals surface area (Å²) in [6.07, 6.45) is 4.95. The van der Waals surface area contributed by atoms with Gasteiger partial charge in [-0.15, -0.1) is 0 Å². The van der Waals surface area contributed by atoms with Crippen LogP contribution in [0, 0.1) is 6.92 Å². The Labute approximate surface area is 148 Å². The second-order valence-electron chi connectivity index (χ2n) is 4.55. The Morgan fingerprint density at radius 3 is 2.62 bits per heavy atom. The molecule has 3 nitrogen and oxygen atoms in total. The highest BCUT2D eigenvalue weighted by atomic mass is 79.9. The maximum atomic E-state index is 6.26. The highest BCUT2D eigenvalue weighted by molar-refractivity contribution is 9.28. The van der Waals surface area contributed by atoms with Gasteiger partial charge in [0.1, 0.15) is 18.1 Å². The lowest BCUT2D eigenvalue weighted by molar-refractivity contribution is 0.302. The summed E-state index contributed by atoms with van der Waals surface area (Å²) in [5.74, 6) is 1.46. The molecule has 0 aliphatic carbocycles. The molecule has 1 rings (SSSR count). The average molecular weight is 442 g/mol. The maximum Gasteiger partial charge on any atom is 0.141 e. The summed E-state index contributed by atoms with van der Waals surface area (Å²) >= 11 is 12.8. The Hall–Kier alpha value is -0.230. The molecule has 0 saturated heterocycles.